The summed E-state index contributed by atoms with van der Waals surface area (Å²) in [4.78, 5) is 0. The van der Waals surface area contributed by atoms with Crippen molar-refractivity contribution in [3.05, 3.63) is 113 Å². The highest BCUT2D eigenvalue weighted by atomic mass is 14.9. The second-order valence-electron chi connectivity index (χ2n) is 8.37. The molecule has 0 bridgehead atoms. The van der Waals surface area contributed by atoms with Crippen LogP contribution in [0.25, 0.3) is 16.8 Å². The lowest BCUT2D eigenvalue weighted by atomic mass is 9.81. The van der Waals surface area contributed by atoms with E-state index in [1.54, 1.807) is 0 Å². The van der Waals surface area contributed by atoms with Crippen LogP contribution in [0, 0.1) is 5.92 Å². The van der Waals surface area contributed by atoms with E-state index >= 15 is 0 Å². The van der Waals surface area contributed by atoms with Crippen molar-refractivity contribution in [2.45, 2.75) is 26.4 Å². The van der Waals surface area contributed by atoms with Gasteiger partial charge in [-0.25, -0.2) is 0 Å². The topological polar surface area (TPSA) is 24.1 Å². The Hall–Kier alpha value is -3.52. The zero-order chi connectivity index (χ0) is 21.0. The van der Waals surface area contributed by atoms with Crippen LogP contribution in [0.1, 0.15) is 29.2 Å². The van der Waals surface area contributed by atoms with E-state index in [0.717, 1.165) is 30.9 Å². The first-order valence-corrected chi connectivity index (χ1v) is 11.1. The average molecular weight is 405 g/mol. The smallest absolute Gasteiger partial charge is 0.0413 e. The van der Waals surface area contributed by atoms with Crippen molar-refractivity contribution in [1.82, 2.24) is 0 Å². The van der Waals surface area contributed by atoms with Gasteiger partial charge in [0, 0.05) is 24.5 Å². The van der Waals surface area contributed by atoms with Crippen molar-refractivity contribution in [2.24, 2.45) is 5.92 Å². The number of hydrogen-bond donors (Lipinski definition) is 2. The zero-order valence-corrected chi connectivity index (χ0v) is 17.9. The number of benzene rings is 4. The fourth-order valence-electron chi connectivity index (χ4n) is 4.63. The van der Waals surface area contributed by atoms with Gasteiger partial charge in [0.25, 0.3) is 0 Å². The first-order chi connectivity index (χ1) is 15.3. The van der Waals surface area contributed by atoms with Gasteiger partial charge in [-0.2, -0.15) is 0 Å². The van der Waals surface area contributed by atoms with E-state index in [2.05, 4.69) is 115 Å². The lowest BCUT2D eigenvalue weighted by Gasteiger charge is -2.26. The highest BCUT2D eigenvalue weighted by Gasteiger charge is 2.21. The number of hydrogen-bond acceptors (Lipinski definition) is 2. The molecule has 0 amide bonds. The quantitative estimate of drug-likeness (QED) is 0.353. The summed E-state index contributed by atoms with van der Waals surface area (Å²) in [6, 6.07) is 29.8. The molecule has 0 heterocycles. The van der Waals surface area contributed by atoms with Crippen LogP contribution in [0.2, 0.25) is 0 Å². The van der Waals surface area contributed by atoms with Crippen LogP contribution in [-0.2, 0) is 19.5 Å². The van der Waals surface area contributed by atoms with Gasteiger partial charge in [-0.1, -0.05) is 79.7 Å². The van der Waals surface area contributed by atoms with Crippen molar-refractivity contribution >= 4 is 28.2 Å². The molecule has 1 atom stereocenters. The Morgan fingerprint density at radius 1 is 0.677 bits per heavy atom. The number of rotatable bonds is 6. The van der Waals surface area contributed by atoms with Gasteiger partial charge in [-0.15, -0.1) is 0 Å². The third-order valence-corrected chi connectivity index (χ3v) is 6.20. The fourth-order valence-corrected chi connectivity index (χ4v) is 4.63. The first-order valence-electron chi connectivity index (χ1n) is 11.1. The summed E-state index contributed by atoms with van der Waals surface area (Å²) in [5.74, 6) is 0.555. The van der Waals surface area contributed by atoms with E-state index in [-0.39, 0.29) is 0 Å². The molecule has 0 saturated carbocycles. The molecule has 0 aliphatic heterocycles. The van der Waals surface area contributed by atoms with Gasteiger partial charge >= 0.3 is 0 Å². The molecule has 1 unspecified atom stereocenters. The molecule has 31 heavy (non-hydrogen) atoms. The molecule has 1 aliphatic rings. The Balaban J connectivity index is 1.59. The summed E-state index contributed by atoms with van der Waals surface area (Å²) >= 11 is 0. The van der Waals surface area contributed by atoms with Gasteiger partial charge in [0.1, 0.15) is 0 Å². The Morgan fingerprint density at radius 2 is 1.19 bits per heavy atom. The number of anilines is 2. The molecule has 0 spiro atoms. The van der Waals surface area contributed by atoms with E-state index in [9.17, 15) is 0 Å². The van der Waals surface area contributed by atoms with Gasteiger partial charge in [0.05, 0.1) is 0 Å². The number of nitrogens with one attached hydrogen (secondary N) is 2. The maximum Gasteiger partial charge on any atom is 0.0413 e. The summed E-state index contributed by atoms with van der Waals surface area (Å²) < 4.78 is 0. The van der Waals surface area contributed by atoms with Crippen LogP contribution < -0.4 is 10.6 Å². The summed E-state index contributed by atoms with van der Waals surface area (Å²) in [7, 11) is 0. The third kappa shape index (κ3) is 4.06. The summed E-state index contributed by atoms with van der Waals surface area (Å²) in [5.41, 5.74) is 8.01. The first kappa shape index (κ1) is 19.4. The van der Waals surface area contributed by atoms with E-state index in [4.69, 9.17) is 0 Å². The lowest BCUT2D eigenvalue weighted by molar-refractivity contribution is 0.710. The predicted octanol–water partition coefficient (Wildman–Crippen LogP) is 7.27. The molecule has 2 heteroatoms. The van der Waals surface area contributed by atoms with Crippen LogP contribution in [0.4, 0.5) is 11.4 Å². The summed E-state index contributed by atoms with van der Waals surface area (Å²) in [5, 5.41) is 10.00. The van der Waals surface area contributed by atoms with Crippen LogP contribution in [0.5, 0.6) is 0 Å². The third-order valence-electron chi connectivity index (χ3n) is 6.20. The molecule has 4 aromatic carbocycles. The number of para-hydroxylation sites is 2. The number of allylic oxidation sites excluding steroid dienone is 1. The van der Waals surface area contributed by atoms with Crippen molar-refractivity contribution < 1.29 is 0 Å². The second-order valence-corrected chi connectivity index (χ2v) is 8.37. The molecule has 154 valence electrons. The Kier molecular flexibility index (Phi) is 5.45. The molecule has 0 aromatic heterocycles. The second kappa shape index (κ2) is 8.69. The van der Waals surface area contributed by atoms with E-state index in [1.807, 2.05) is 0 Å². The van der Waals surface area contributed by atoms with Crippen molar-refractivity contribution in [3.63, 3.8) is 0 Å². The van der Waals surface area contributed by atoms with Crippen molar-refractivity contribution in [1.29, 1.82) is 0 Å². The van der Waals surface area contributed by atoms with Crippen LogP contribution in [-0.4, -0.2) is 0 Å². The molecule has 0 saturated heterocycles. The van der Waals surface area contributed by atoms with Crippen LogP contribution >= 0.6 is 0 Å². The number of fused-ring (bicyclic) bond motifs is 2. The van der Waals surface area contributed by atoms with Crippen LogP contribution in [0.15, 0.2) is 91.0 Å². The normalized spacial score (nSPS) is 14.9. The standard InChI is InChI=1S/C29H28N2/c1-21-16-17-26-27(18-21)29(20-31-23-12-6-3-7-13-23)25-15-9-8-14-24(25)28(26)19-30-22-10-4-2-5-11-22/h2-17,21,30-31H,18-20H2,1H3. The largest absolute Gasteiger partial charge is 0.381 e. The summed E-state index contributed by atoms with van der Waals surface area (Å²) in [6.07, 6.45) is 5.79. The average Bonchev–Trinajstić information content (AvgIpc) is 2.82. The van der Waals surface area contributed by atoms with Gasteiger partial charge in [-0.05, 0) is 69.6 Å². The molecule has 5 rings (SSSR count). The molecule has 1 aliphatic carbocycles. The van der Waals surface area contributed by atoms with Crippen molar-refractivity contribution in [3.8, 4) is 0 Å². The highest BCUT2D eigenvalue weighted by molar-refractivity contribution is 5.94. The fraction of sp³-hybridized carbons (Fsp3) is 0.172. The Morgan fingerprint density at radius 3 is 1.81 bits per heavy atom. The molecule has 2 nitrogen and oxygen atoms in total. The van der Waals surface area contributed by atoms with E-state index in [1.165, 1.54) is 33.0 Å². The minimum Gasteiger partial charge on any atom is -0.381 e. The summed E-state index contributed by atoms with van der Waals surface area (Å²) in [6.45, 7) is 3.96. The molecule has 4 aromatic rings. The van der Waals surface area contributed by atoms with Gasteiger partial charge in [-0.3, -0.25) is 0 Å². The minimum atomic E-state index is 0.555. The monoisotopic (exact) mass is 404 g/mol. The Labute approximate surface area is 184 Å². The lowest BCUT2D eigenvalue weighted by Crippen LogP contribution is -2.14. The zero-order valence-electron chi connectivity index (χ0n) is 17.9. The van der Waals surface area contributed by atoms with Gasteiger partial charge in [0.2, 0.25) is 0 Å². The molecular weight excluding hydrogens is 376 g/mol. The van der Waals surface area contributed by atoms with E-state index < -0.39 is 0 Å². The predicted molar refractivity (Wildman–Crippen MR) is 133 cm³/mol. The minimum absolute atomic E-state index is 0.555. The van der Waals surface area contributed by atoms with Gasteiger partial charge in [0.15, 0.2) is 0 Å². The Bertz CT molecular complexity index is 1210. The molecule has 0 fully saturated rings. The SMILES string of the molecule is CC1C=Cc2c(c(CNc3ccccc3)c3ccccc3c2CNc2ccccc2)C1. The maximum atomic E-state index is 3.66. The maximum absolute atomic E-state index is 3.66. The molecular formula is C29H28N2. The molecule has 2 N–H and O–H groups in total. The van der Waals surface area contributed by atoms with Crippen LogP contribution in [0.3, 0.4) is 0 Å². The highest BCUT2D eigenvalue weighted by Crippen LogP contribution is 2.37. The van der Waals surface area contributed by atoms with E-state index in [0.29, 0.717) is 5.92 Å². The van der Waals surface area contributed by atoms with Crippen molar-refractivity contribution in [2.75, 3.05) is 10.6 Å². The van der Waals surface area contributed by atoms with Gasteiger partial charge < -0.3 is 10.6 Å². The molecule has 0 radical (unpaired) electrons.